The quantitative estimate of drug-likeness (QED) is 0.256. The predicted octanol–water partition coefficient (Wildman–Crippen LogP) is 5.51. The summed E-state index contributed by atoms with van der Waals surface area (Å²) in [5.41, 5.74) is 2.89. The van der Waals surface area contributed by atoms with Crippen LogP contribution in [0.25, 0.3) is 11.1 Å². The Morgan fingerprint density at radius 1 is 0.842 bits per heavy atom. The number of methoxy groups -OCH3 is 3. The van der Waals surface area contributed by atoms with Crippen molar-refractivity contribution in [3.8, 4) is 28.4 Å². The summed E-state index contributed by atoms with van der Waals surface area (Å²) in [5.74, 6) is 1.68. The molecule has 0 saturated carbocycles. The van der Waals surface area contributed by atoms with Crippen molar-refractivity contribution in [3.05, 3.63) is 54.1 Å². The Labute approximate surface area is 227 Å². The summed E-state index contributed by atoms with van der Waals surface area (Å²) in [6.07, 6.45) is 10.5. The number of unbranched alkanes of at least 4 members (excludes halogenated alkanes) is 4. The van der Waals surface area contributed by atoms with Gasteiger partial charge in [0.05, 0.1) is 21.3 Å². The molecular weight excluding hydrogens is 480 g/mol. The van der Waals surface area contributed by atoms with Gasteiger partial charge in [-0.25, -0.2) is 0 Å². The van der Waals surface area contributed by atoms with Gasteiger partial charge in [-0.2, -0.15) is 0 Å². The number of carbonyl (C=O) groups excluding carboxylic acids is 2. The van der Waals surface area contributed by atoms with Crippen molar-refractivity contribution in [2.24, 2.45) is 0 Å². The van der Waals surface area contributed by atoms with Gasteiger partial charge in [0.25, 0.3) is 0 Å². The van der Waals surface area contributed by atoms with Gasteiger partial charge in [0.1, 0.15) is 12.1 Å². The number of hydrogen-bond acceptors (Lipinski definition) is 5. The van der Waals surface area contributed by atoms with Crippen LogP contribution in [0.2, 0.25) is 0 Å². The molecule has 0 N–H and O–H groups in total. The van der Waals surface area contributed by atoms with E-state index < -0.39 is 12.1 Å². The number of amides is 2. The SMILES string of the molecule is CCCCCC/C=C/CN1C(=O)[C@H](Cc2ccc(-c3cc(OC)c(OC)c(OC)c3)cc2)N(C)C(=O)[C@@H]1C. The van der Waals surface area contributed by atoms with Gasteiger partial charge >= 0.3 is 0 Å². The normalized spacial score (nSPS) is 17.8. The molecule has 2 aromatic rings. The van der Waals surface area contributed by atoms with Crippen LogP contribution in [-0.4, -0.2) is 68.6 Å². The fraction of sp³-hybridized carbons (Fsp3) is 0.484. The Bertz CT molecular complexity index is 1090. The first-order valence-corrected chi connectivity index (χ1v) is 13.5. The van der Waals surface area contributed by atoms with Gasteiger partial charge in [0.15, 0.2) is 11.5 Å². The van der Waals surface area contributed by atoms with E-state index in [4.69, 9.17) is 14.2 Å². The van der Waals surface area contributed by atoms with E-state index in [0.717, 1.165) is 29.5 Å². The van der Waals surface area contributed by atoms with E-state index in [1.54, 1.807) is 38.2 Å². The minimum atomic E-state index is -0.524. The van der Waals surface area contributed by atoms with Gasteiger partial charge in [-0.05, 0) is 48.6 Å². The zero-order valence-electron chi connectivity index (χ0n) is 23.7. The Balaban J connectivity index is 1.72. The first kappa shape index (κ1) is 29.1. The third-order valence-corrected chi connectivity index (χ3v) is 7.28. The first-order valence-electron chi connectivity index (χ1n) is 13.5. The van der Waals surface area contributed by atoms with Crippen molar-refractivity contribution in [3.63, 3.8) is 0 Å². The zero-order valence-corrected chi connectivity index (χ0v) is 23.7. The fourth-order valence-corrected chi connectivity index (χ4v) is 4.90. The summed E-state index contributed by atoms with van der Waals surface area (Å²) < 4.78 is 16.4. The number of hydrogen-bond donors (Lipinski definition) is 0. The summed E-state index contributed by atoms with van der Waals surface area (Å²) in [5, 5.41) is 0. The van der Waals surface area contributed by atoms with Crippen LogP contribution in [0, 0.1) is 0 Å². The van der Waals surface area contributed by atoms with Crippen molar-refractivity contribution >= 4 is 11.8 Å². The summed E-state index contributed by atoms with van der Waals surface area (Å²) in [6.45, 7) is 4.48. The maximum absolute atomic E-state index is 13.4. The lowest BCUT2D eigenvalue weighted by Crippen LogP contribution is -2.63. The van der Waals surface area contributed by atoms with Gasteiger partial charge in [-0.3, -0.25) is 9.59 Å². The number of nitrogens with zero attached hydrogens (tertiary/aromatic N) is 2. The van der Waals surface area contributed by atoms with Crippen LogP contribution < -0.4 is 14.2 Å². The smallest absolute Gasteiger partial charge is 0.246 e. The highest BCUT2D eigenvalue weighted by molar-refractivity contribution is 5.96. The number of benzene rings is 2. The van der Waals surface area contributed by atoms with E-state index in [0.29, 0.717) is 30.2 Å². The van der Waals surface area contributed by atoms with E-state index >= 15 is 0 Å². The summed E-state index contributed by atoms with van der Waals surface area (Å²) in [4.78, 5) is 29.7. The van der Waals surface area contributed by atoms with E-state index in [9.17, 15) is 9.59 Å². The molecule has 38 heavy (non-hydrogen) atoms. The maximum Gasteiger partial charge on any atom is 0.246 e. The Hall–Kier alpha value is -3.48. The lowest BCUT2D eigenvalue weighted by Gasteiger charge is -2.42. The van der Waals surface area contributed by atoms with E-state index in [-0.39, 0.29) is 11.8 Å². The maximum atomic E-state index is 13.4. The van der Waals surface area contributed by atoms with E-state index in [1.165, 1.54) is 19.3 Å². The van der Waals surface area contributed by atoms with E-state index in [2.05, 4.69) is 13.0 Å². The lowest BCUT2D eigenvalue weighted by atomic mass is 9.96. The standard InChI is InChI=1S/C31H42N2O5/c1-7-8-9-10-11-12-13-18-33-22(2)30(34)32(3)26(31(33)35)19-23-14-16-24(17-15-23)25-20-27(36-4)29(38-6)28(21-25)37-5/h12-17,20-22,26H,7-11,18-19H2,1-6H3/b13-12+/t22-,26-/m0/s1. The molecule has 0 radical (unpaired) electrons. The monoisotopic (exact) mass is 522 g/mol. The van der Waals surface area contributed by atoms with Crippen molar-refractivity contribution in [2.45, 2.75) is 64.5 Å². The molecule has 1 aliphatic rings. The molecule has 206 valence electrons. The van der Waals surface area contributed by atoms with Gasteiger partial charge < -0.3 is 24.0 Å². The second kappa shape index (κ2) is 13.9. The predicted molar refractivity (Wildman–Crippen MR) is 151 cm³/mol. The molecule has 0 spiro atoms. The lowest BCUT2D eigenvalue weighted by molar-refractivity contribution is -0.158. The molecular formula is C31H42N2O5. The van der Waals surface area contributed by atoms with Crippen molar-refractivity contribution < 1.29 is 23.8 Å². The molecule has 2 aromatic carbocycles. The minimum Gasteiger partial charge on any atom is -0.493 e. The number of likely N-dealkylation sites (N-methyl/N-ethyl adjacent to an activating group) is 1. The summed E-state index contributed by atoms with van der Waals surface area (Å²) >= 11 is 0. The van der Waals surface area contributed by atoms with Crippen LogP contribution in [0.4, 0.5) is 0 Å². The number of allylic oxidation sites excluding steroid dienone is 1. The van der Waals surface area contributed by atoms with Gasteiger partial charge in [-0.1, -0.05) is 62.6 Å². The van der Waals surface area contributed by atoms with Crippen molar-refractivity contribution in [2.75, 3.05) is 34.9 Å². The molecule has 1 saturated heterocycles. The summed E-state index contributed by atoms with van der Waals surface area (Å²) in [6, 6.07) is 10.8. The third-order valence-electron chi connectivity index (χ3n) is 7.28. The molecule has 1 heterocycles. The van der Waals surface area contributed by atoms with Gasteiger partial charge in [0.2, 0.25) is 17.6 Å². The largest absolute Gasteiger partial charge is 0.493 e. The van der Waals surface area contributed by atoms with Crippen LogP contribution in [0.3, 0.4) is 0 Å². The van der Waals surface area contributed by atoms with Gasteiger partial charge in [0, 0.05) is 20.0 Å². The Kier molecular flexibility index (Phi) is 10.6. The molecule has 3 rings (SSSR count). The minimum absolute atomic E-state index is 0.0102. The molecule has 0 aliphatic carbocycles. The van der Waals surface area contributed by atoms with Crippen LogP contribution in [0.5, 0.6) is 17.2 Å². The number of carbonyl (C=O) groups is 2. The molecule has 2 atom stereocenters. The molecule has 2 amide bonds. The second-order valence-corrected chi connectivity index (χ2v) is 9.77. The van der Waals surface area contributed by atoms with Crippen LogP contribution in [0.15, 0.2) is 48.6 Å². The van der Waals surface area contributed by atoms with Crippen molar-refractivity contribution in [1.29, 1.82) is 0 Å². The summed E-state index contributed by atoms with van der Waals surface area (Å²) in [7, 11) is 6.50. The average molecular weight is 523 g/mol. The molecule has 0 aromatic heterocycles. The van der Waals surface area contributed by atoms with Crippen LogP contribution >= 0.6 is 0 Å². The number of piperazine rings is 1. The Morgan fingerprint density at radius 2 is 1.50 bits per heavy atom. The third kappa shape index (κ3) is 6.69. The number of rotatable bonds is 13. The molecule has 0 unspecified atom stereocenters. The Morgan fingerprint density at radius 3 is 2.08 bits per heavy atom. The zero-order chi connectivity index (χ0) is 27.7. The molecule has 7 heteroatoms. The molecule has 0 bridgehead atoms. The highest BCUT2D eigenvalue weighted by atomic mass is 16.5. The molecule has 1 fully saturated rings. The van der Waals surface area contributed by atoms with Crippen LogP contribution in [-0.2, 0) is 16.0 Å². The highest BCUT2D eigenvalue weighted by Gasteiger charge is 2.41. The fourth-order valence-electron chi connectivity index (χ4n) is 4.90. The van der Waals surface area contributed by atoms with Crippen LogP contribution in [0.1, 0.15) is 51.5 Å². The highest BCUT2D eigenvalue weighted by Crippen LogP contribution is 2.41. The average Bonchev–Trinajstić information content (AvgIpc) is 2.94. The van der Waals surface area contributed by atoms with E-state index in [1.807, 2.05) is 49.4 Å². The topological polar surface area (TPSA) is 68.3 Å². The molecule has 1 aliphatic heterocycles. The molecule has 7 nitrogen and oxygen atoms in total. The second-order valence-electron chi connectivity index (χ2n) is 9.77. The van der Waals surface area contributed by atoms with Gasteiger partial charge in [-0.15, -0.1) is 0 Å². The first-order chi connectivity index (χ1) is 18.4. The number of ether oxygens (including phenoxy) is 3. The van der Waals surface area contributed by atoms with Crippen molar-refractivity contribution in [1.82, 2.24) is 9.80 Å².